The highest BCUT2D eigenvalue weighted by Gasteiger charge is 2.60. The van der Waals surface area contributed by atoms with E-state index < -0.39 is 47.3 Å². The SMILES string of the molecule is CCOP(C)(=O)COC1OC(n2ccc(=O)[nH]c2=O)C(F)(F)C1I. The van der Waals surface area contributed by atoms with Crippen LogP contribution in [0.15, 0.2) is 21.9 Å². The highest BCUT2D eigenvalue weighted by molar-refractivity contribution is 14.1. The fourth-order valence-electron chi connectivity index (χ4n) is 2.11. The summed E-state index contributed by atoms with van der Waals surface area (Å²) in [5, 5.41) is 0. The zero-order valence-corrected chi connectivity index (χ0v) is 15.8. The van der Waals surface area contributed by atoms with Crippen LogP contribution >= 0.6 is 30.0 Å². The Bertz CT molecular complexity index is 754. The number of aromatic nitrogens is 2. The molecule has 0 aromatic carbocycles. The van der Waals surface area contributed by atoms with Gasteiger partial charge in [0, 0.05) is 18.9 Å². The summed E-state index contributed by atoms with van der Waals surface area (Å²) in [6.07, 6.45) is -2.81. The Morgan fingerprint density at radius 2 is 2.17 bits per heavy atom. The van der Waals surface area contributed by atoms with Crippen molar-refractivity contribution < 1.29 is 27.3 Å². The lowest BCUT2D eigenvalue weighted by molar-refractivity contribution is -0.164. The maximum absolute atomic E-state index is 14.4. The average Bonchev–Trinajstić information content (AvgIpc) is 2.69. The van der Waals surface area contributed by atoms with Crippen LogP contribution in [0.5, 0.6) is 0 Å². The molecule has 0 saturated carbocycles. The number of nitrogens with zero attached hydrogens (tertiary/aromatic N) is 1. The summed E-state index contributed by atoms with van der Waals surface area (Å²) in [5.41, 5.74) is -1.73. The molecule has 0 bridgehead atoms. The Morgan fingerprint density at radius 1 is 1.50 bits per heavy atom. The number of aromatic amines is 1. The minimum atomic E-state index is -3.45. The van der Waals surface area contributed by atoms with Crippen LogP contribution in [0.2, 0.25) is 0 Å². The summed E-state index contributed by atoms with van der Waals surface area (Å²) in [7, 11) is -3.09. The van der Waals surface area contributed by atoms with Gasteiger partial charge in [0.25, 0.3) is 5.56 Å². The maximum Gasteiger partial charge on any atom is 0.330 e. The number of hydrogen-bond donors (Lipinski definition) is 1. The Hall–Kier alpha value is -0.620. The van der Waals surface area contributed by atoms with Crippen LogP contribution in [-0.4, -0.2) is 45.3 Å². The highest BCUT2D eigenvalue weighted by atomic mass is 127. The molecule has 1 saturated heterocycles. The van der Waals surface area contributed by atoms with Crippen LogP contribution in [0.4, 0.5) is 8.78 Å². The summed E-state index contributed by atoms with van der Waals surface area (Å²) in [5.74, 6) is -3.45. The molecule has 0 amide bonds. The quantitative estimate of drug-likeness (QED) is 0.379. The first-order chi connectivity index (χ1) is 11.1. The van der Waals surface area contributed by atoms with Crippen LogP contribution in [-0.2, 0) is 18.6 Å². The number of nitrogens with one attached hydrogen (secondary N) is 1. The lowest BCUT2D eigenvalue weighted by atomic mass is 10.2. The zero-order valence-electron chi connectivity index (χ0n) is 12.8. The Morgan fingerprint density at radius 3 is 2.75 bits per heavy atom. The largest absolute Gasteiger partial charge is 0.341 e. The summed E-state index contributed by atoms with van der Waals surface area (Å²) < 4.78 is 55.4. The van der Waals surface area contributed by atoms with Crippen molar-refractivity contribution in [3.63, 3.8) is 0 Å². The van der Waals surface area contributed by atoms with Crippen molar-refractivity contribution >= 4 is 30.0 Å². The van der Waals surface area contributed by atoms with E-state index in [1.807, 2.05) is 4.98 Å². The van der Waals surface area contributed by atoms with E-state index in [2.05, 4.69) is 0 Å². The molecule has 1 fully saturated rings. The van der Waals surface area contributed by atoms with Gasteiger partial charge in [-0.1, -0.05) is 22.6 Å². The van der Waals surface area contributed by atoms with Crippen LogP contribution in [0.3, 0.4) is 0 Å². The molecule has 1 N–H and O–H groups in total. The summed E-state index contributed by atoms with van der Waals surface area (Å²) in [6.45, 7) is 3.17. The predicted molar refractivity (Wildman–Crippen MR) is 89.1 cm³/mol. The first-order valence-electron chi connectivity index (χ1n) is 6.90. The van der Waals surface area contributed by atoms with E-state index in [0.717, 1.165) is 12.3 Å². The monoisotopic (exact) mass is 480 g/mol. The molecule has 0 aliphatic carbocycles. The molecule has 136 valence electrons. The van der Waals surface area contributed by atoms with Crippen molar-refractivity contribution in [2.75, 3.05) is 19.6 Å². The van der Waals surface area contributed by atoms with E-state index in [4.69, 9.17) is 14.0 Å². The highest BCUT2D eigenvalue weighted by Crippen LogP contribution is 2.49. The van der Waals surface area contributed by atoms with E-state index in [-0.39, 0.29) is 6.61 Å². The van der Waals surface area contributed by atoms with Crippen LogP contribution in [0.25, 0.3) is 0 Å². The lowest BCUT2D eigenvalue weighted by Crippen LogP contribution is -2.40. The molecule has 1 aliphatic rings. The number of ether oxygens (including phenoxy) is 2. The molecule has 1 aliphatic heterocycles. The van der Waals surface area contributed by atoms with E-state index in [1.165, 1.54) is 29.3 Å². The van der Waals surface area contributed by atoms with Crippen molar-refractivity contribution in [2.45, 2.75) is 29.3 Å². The van der Waals surface area contributed by atoms with Crippen molar-refractivity contribution in [1.82, 2.24) is 9.55 Å². The van der Waals surface area contributed by atoms with E-state index >= 15 is 0 Å². The second kappa shape index (κ2) is 7.32. The molecule has 0 spiro atoms. The van der Waals surface area contributed by atoms with E-state index in [0.29, 0.717) is 4.57 Å². The smallest absolute Gasteiger partial charge is 0.330 e. The van der Waals surface area contributed by atoms with Crippen molar-refractivity contribution in [3.8, 4) is 0 Å². The van der Waals surface area contributed by atoms with Crippen molar-refractivity contribution in [1.29, 1.82) is 0 Å². The summed E-state index contributed by atoms with van der Waals surface area (Å²) in [4.78, 5) is 24.7. The molecule has 1 aromatic heterocycles. The van der Waals surface area contributed by atoms with E-state index in [9.17, 15) is 22.9 Å². The number of hydrogen-bond acceptors (Lipinski definition) is 6. The molecular formula is C12H16F2IN2O6P. The molecule has 0 radical (unpaired) electrons. The first-order valence-corrected chi connectivity index (χ1v) is 10.4. The van der Waals surface area contributed by atoms with Crippen molar-refractivity contribution in [2.24, 2.45) is 0 Å². The number of alkyl halides is 3. The topological polar surface area (TPSA) is 99.6 Å². The van der Waals surface area contributed by atoms with Gasteiger partial charge < -0.3 is 14.0 Å². The third-order valence-electron chi connectivity index (χ3n) is 3.18. The first kappa shape index (κ1) is 19.7. The molecule has 12 heteroatoms. The third kappa shape index (κ3) is 4.13. The van der Waals surface area contributed by atoms with Gasteiger partial charge in [0.15, 0.2) is 6.29 Å². The standard InChI is InChI=1S/C12H16F2IN2O6P/c1-3-22-24(2,20)6-21-9-8(15)12(13,14)10(23-9)17-5-4-7(18)16-11(17)19/h4-5,8-10H,3,6H2,1-2H3,(H,16,18,19). The third-order valence-corrected chi connectivity index (χ3v) is 6.02. The van der Waals surface area contributed by atoms with Gasteiger partial charge in [-0.15, -0.1) is 0 Å². The Labute approximate surface area is 149 Å². The van der Waals surface area contributed by atoms with Gasteiger partial charge in [0.1, 0.15) is 10.3 Å². The van der Waals surface area contributed by atoms with Gasteiger partial charge in [-0.2, -0.15) is 0 Å². The molecule has 1 aromatic rings. The number of H-pyrrole nitrogens is 1. The number of halogens is 3. The predicted octanol–water partition coefficient (Wildman–Crippen LogP) is 1.75. The molecule has 8 nitrogen and oxygen atoms in total. The fraction of sp³-hybridized carbons (Fsp3) is 0.667. The van der Waals surface area contributed by atoms with Crippen molar-refractivity contribution in [3.05, 3.63) is 33.1 Å². The normalized spacial score (nSPS) is 28.6. The van der Waals surface area contributed by atoms with Crippen LogP contribution in [0.1, 0.15) is 13.2 Å². The average molecular weight is 480 g/mol. The fourth-order valence-corrected chi connectivity index (χ4v) is 3.83. The van der Waals surface area contributed by atoms with E-state index in [1.54, 1.807) is 6.92 Å². The summed E-state index contributed by atoms with van der Waals surface area (Å²) in [6, 6.07) is 0.937. The number of rotatable bonds is 6. The molecule has 2 heterocycles. The molecule has 4 unspecified atom stereocenters. The second-order valence-electron chi connectivity index (χ2n) is 5.18. The molecular weight excluding hydrogens is 464 g/mol. The van der Waals surface area contributed by atoms with Crippen LogP contribution in [0, 0.1) is 0 Å². The Balaban J connectivity index is 2.20. The molecule has 2 rings (SSSR count). The van der Waals surface area contributed by atoms with Crippen LogP contribution < -0.4 is 11.2 Å². The Kier molecular flexibility index (Phi) is 6.01. The summed E-state index contributed by atoms with van der Waals surface area (Å²) >= 11 is 1.45. The van der Waals surface area contributed by atoms with Gasteiger partial charge >= 0.3 is 11.6 Å². The lowest BCUT2D eigenvalue weighted by Gasteiger charge is -2.20. The maximum atomic E-state index is 14.4. The molecule has 24 heavy (non-hydrogen) atoms. The van der Waals surface area contributed by atoms with Gasteiger partial charge in [-0.3, -0.25) is 18.9 Å². The minimum Gasteiger partial charge on any atom is -0.341 e. The van der Waals surface area contributed by atoms with Gasteiger partial charge in [-0.25, -0.2) is 13.6 Å². The van der Waals surface area contributed by atoms with Gasteiger partial charge in [-0.05, 0) is 6.92 Å². The van der Waals surface area contributed by atoms with Gasteiger partial charge in [0.2, 0.25) is 13.6 Å². The zero-order chi connectivity index (χ0) is 18.1. The molecule has 4 atom stereocenters. The van der Waals surface area contributed by atoms with Gasteiger partial charge in [0.05, 0.1) is 6.61 Å². The minimum absolute atomic E-state index is 0.196. The second-order valence-corrected chi connectivity index (χ2v) is 9.06.